The van der Waals surface area contributed by atoms with Crippen molar-refractivity contribution in [3.05, 3.63) is 94.1 Å². The molecule has 0 radical (unpaired) electrons. The van der Waals surface area contributed by atoms with Crippen LogP contribution in [0.4, 0.5) is 5.69 Å². The highest BCUT2D eigenvalue weighted by molar-refractivity contribution is 6.34. The quantitative estimate of drug-likeness (QED) is 0.566. The van der Waals surface area contributed by atoms with E-state index in [0.29, 0.717) is 27.8 Å². The summed E-state index contributed by atoms with van der Waals surface area (Å²) in [5, 5.41) is 5.77. The molecule has 0 saturated heterocycles. The number of anilines is 1. The molecule has 2 amide bonds. The van der Waals surface area contributed by atoms with Gasteiger partial charge in [0.2, 0.25) is 6.79 Å². The molecule has 3 aromatic rings. The van der Waals surface area contributed by atoms with Gasteiger partial charge in [-0.3, -0.25) is 9.59 Å². The van der Waals surface area contributed by atoms with E-state index in [1.807, 2.05) is 19.1 Å². The summed E-state index contributed by atoms with van der Waals surface area (Å²) in [7, 11) is 0. The van der Waals surface area contributed by atoms with Crippen LogP contribution in [0.25, 0.3) is 6.08 Å². The summed E-state index contributed by atoms with van der Waals surface area (Å²) < 4.78 is 10.7. The molecular formula is C24H19ClN2O4. The first-order chi connectivity index (χ1) is 15.0. The second kappa shape index (κ2) is 8.93. The van der Waals surface area contributed by atoms with Crippen molar-refractivity contribution in [2.24, 2.45) is 0 Å². The summed E-state index contributed by atoms with van der Waals surface area (Å²) >= 11 is 6.14. The average Bonchev–Trinajstić information content (AvgIpc) is 3.23. The lowest BCUT2D eigenvalue weighted by Crippen LogP contribution is -2.30. The van der Waals surface area contributed by atoms with Gasteiger partial charge in [-0.05, 0) is 55.0 Å². The van der Waals surface area contributed by atoms with E-state index in [1.165, 1.54) is 0 Å². The number of hydrogen-bond donors (Lipinski definition) is 2. The molecule has 0 aliphatic carbocycles. The van der Waals surface area contributed by atoms with E-state index in [1.54, 1.807) is 60.7 Å². The van der Waals surface area contributed by atoms with Crippen molar-refractivity contribution in [3.8, 4) is 11.5 Å². The molecule has 6 nitrogen and oxygen atoms in total. The third-order valence-electron chi connectivity index (χ3n) is 4.63. The van der Waals surface area contributed by atoms with E-state index in [9.17, 15) is 9.59 Å². The molecule has 2 N–H and O–H groups in total. The second-order valence-electron chi connectivity index (χ2n) is 6.92. The normalized spacial score (nSPS) is 12.4. The molecule has 0 fully saturated rings. The van der Waals surface area contributed by atoms with E-state index in [0.717, 1.165) is 5.56 Å². The lowest BCUT2D eigenvalue weighted by molar-refractivity contribution is -0.113. The van der Waals surface area contributed by atoms with Crippen molar-refractivity contribution >= 4 is 35.2 Å². The zero-order chi connectivity index (χ0) is 21.8. The van der Waals surface area contributed by atoms with Crippen molar-refractivity contribution in [1.82, 2.24) is 5.32 Å². The minimum absolute atomic E-state index is 0.0596. The van der Waals surface area contributed by atoms with E-state index in [-0.39, 0.29) is 18.1 Å². The van der Waals surface area contributed by atoms with Crippen molar-refractivity contribution in [2.45, 2.75) is 6.92 Å². The number of benzene rings is 3. The van der Waals surface area contributed by atoms with Crippen LogP contribution >= 0.6 is 11.6 Å². The van der Waals surface area contributed by atoms with Gasteiger partial charge in [0.15, 0.2) is 11.5 Å². The smallest absolute Gasteiger partial charge is 0.272 e. The lowest BCUT2D eigenvalue weighted by atomic mass is 10.1. The van der Waals surface area contributed by atoms with Crippen LogP contribution < -0.4 is 20.1 Å². The molecule has 31 heavy (non-hydrogen) atoms. The molecule has 3 aromatic carbocycles. The highest BCUT2D eigenvalue weighted by Crippen LogP contribution is 2.33. The predicted octanol–water partition coefficient (Wildman–Crippen LogP) is 4.79. The monoisotopic (exact) mass is 434 g/mol. The number of carbonyl (C=O) groups excluding carboxylic acids is 2. The summed E-state index contributed by atoms with van der Waals surface area (Å²) in [6, 6.07) is 19.3. The Morgan fingerprint density at radius 2 is 1.71 bits per heavy atom. The number of fused-ring (bicyclic) bond motifs is 1. The highest BCUT2D eigenvalue weighted by atomic mass is 35.5. The Kier molecular flexibility index (Phi) is 5.91. The summed E-state index contributed by atoms with van der Waals surface area (Å²) in [5.74, 6) is 0.242. The zero-order valence-corrected chi connectivity index (χ0v) is 17.4. The number of carbonyl (C=O) groups is 2. The molecule has 0 atom stereocenters. The molecule has 4 rings (SSSR count). The number of amides is 2. The highest BCUT2D eigenvalue weighted by Gasteiger charge is 2.18. The number of aryl methyl sites for hydroxylation is 1. The number of rotatable bonds is 5. The van der Waals surface area contributed by atoms with E-state index < -0.39 is 11.8 Å². The van der Waals surface area contributed by atoms with Gasteiger partial charge in [-0.1, -0.05) is 47.5 Å². The summed E-state index contributed by atoms with van der Waals surface area (Å²) in [4.78, 5) is 25.8. The van der Waals surface area contributed by atoms with Crippen molar-refractivity contribution in [2.75, 3.05) is 12.1 Å². The van der Waals surface area contributed by atoms with Crippen molar-refractivity contribution < 1.29 is 19.1 Å². The molecule has 7 heteroatoms. The number of ether oxygens (including phenoxy) is 2. The first kappa shape index (κ1) is 20.5. The fourth-order valence-electron chi connectivity index (χ4n) is 3.00. The van der Waals surface area contributed by atoms with Gasteiger partial charge in [-0.25, -0.2) is 0 Å². The third kappa shape index (κ3) is 4.87. The molecule has 0 saturated carbocycles. The maximum Gasteiger partial charge on any atom is 0.272 e. The Labute approximate surface area is 184 Å². The molecule has 0 bridgehead atoms. The van der Waals surface area contributed by atoms with E-state index in [4.69, 9.17) is 21.1 Å². The van der Waals surface area contributed by atoms with Gasteiger partial charge < -0.3 is 20.1 Å². The standard InChI is InChI=1S/C24H19ClN2O4/c1-15-6-9-17(10-7-15)26-24(29)20(27-23(28)18-4-2-3-5-19(18)25)12-16-8-11-21-22(13-16)31-14-30-21/h2-13H,14H2,1H3,(H,26,29)(H,27,28)/b20-12-. The zero-order valence-electron chi connectivity index (χ0n) is 16.6. The van der Waals surface area contributed by atoms with Crippen LogP contribution in [0.15, 0.2) is 72.4 Å². The van der Waals surface area contributed by atoms with Gasteiger partial charge >= 0.3 is 0 Å². The maximum absolute atomic E-state index is 13.0. The predicted molar refractivity (Wildman–Crippen MR) is 119 cm³/mol. The van der Waals surface area contributed by atoms with Crippen LogP contribution in [-0.2, 0) is 4.79 Å². The Hall–Kier alpha value is -3.77. The molecule has 1 aliphatic heterocycles. The van der Waals surface area contributed by atoms with Gasteiger partial charge in [-0.2, -0.15) is 0 Å². The minimum Gasteiger partial charge on any atom is -0.454 e. The molecule has 156 valence electrons. The molecule has 0 spiro atoms. The third-order valence-corrected chi connectivity index (χ3v) is 4.96. The number of halogens is 1. The van der Waals surface area contributed by atoms with Crippen LogP contribution in [0.5, 0.6) is 11.5 Å². The first-order valence-corrected chi connectivity index (χ1v) is 9.92. The summed E-state index contributed by atoms with van der Waals surface area (Å²) in [6.45, 7) is 2.10. The average molecular weight is 435 g/mol. The van der Waals surface area contributed by atoms with Gasteiger partial charge in [-0.15, -0.1) is 0 Å². The van der Waals surface area contributed by atoms with Gasteiger partial charge in [0.05, 0.1) is 10.6 Å². The largest absolute Gasteiger partial charge is 0.454 e. The fourth-order valence-corrected chi connectivity index (χ4v) is 3.22. The molecular weight excluding hydrogens is 416 g/mol. The Balaban J connectivity index is 1.64. The van der Waals surface area contributed by atoms with Gasteiger partial charge in [0.25, 0.3) is 11.8 Å². The minimum atomic E-state index is -0.489. The molecule has 0 aromatic heterocycles. The lowest BCUT2D eigenvalue weighted by Gasteiger charge is -2.12. The van der Waals surface area contributed by atoms with Gasteiger partial charge in [0, 0.05) is 5.69 Å². The summed E-state index contributed by atoms with van der Waals surface area (Å²) in [5.41, 5.74) is 2.67. The molecule has 0 unspecified atom stereocenters. The Bertz CT molecular complexity index is 1170. The topological polar surface area (TPSA) is 76.7 Å². The molecule has 1 aliphatic rings. The van der Waals surface area contributed by atoms with Crippen LogP contribution in [0.1, 0.15) is 21.5 Å². The number of nitrogens with one attached hydrogen (secondary N) is 2. The first-order valence-electron chi connectivity index (χ1n) is 9.55. The van der Waals surface area contributed by atoms with Crippen LogP contribution in [0.3, 0.4) is 0 Å². The van der Waals surface area contributed by atoms with Crippen LogP contribution in [0, 0.1) is 6.92 Å². The molecule has 1 heterocycles. The Morgan fingerprint density at radius 3 is 2.48 bits per heavy atom. The SMILES string of the molecule is Cc1ccc(NC(=O)/C(=C/c2ccc3c(c2)OCO3)NC(=O)c2ccccc2Cl)cc1. The van der Waals surface area contributed by atoms with Crippen LogP contribution in [0.2, 0.25) is 5.02 Å². The number of hydrogen-bond acceptors (Lipinski definition) is 4. The second-order valence-corrected chi connectivity index (χ2v) is 7.33. The van der Waals surface area contributed by atoms with Gasteiger partial charge in [0.1, 0.15) is 5.70 Å². The fraction of sp³-hybridized carbons (Fsp3) is 0.0833. The van der Waals surface area contributed by atoms with E-state index >= 15 is 0 Å². The van der Waals surface area contributed by atoms with E-state index in [2.05, 4.69) is 10.6 Å². The Morgan fingerprint density at radius 1 is 0.968 bits per heavy atom. The van der Waals surface area contributed by atoms with Crippen LogP contribution in [-0.4, -0.2) is 18.6 Å². The summed E-state index contributed by atoms with van der Waals surface area (Å²) in [6.07, 6.45) is 1.57. The van der Waals surface area contributed by atoms with Crippen molar-refractivity contribution in [3.63, 3.8) is 0 Å². The van der Waals surface area contributed by atoms with Crippen molar-refractivity contribution in [1.29, 1.82) is 0 Å². The maximum atomic E-state index is 13.0.